The van der Waals surface area contributed by atoms with E-state index in [4.69, 9.17) is 21.4 Å². The summed E-state index contributed by atoms with van der Waals surface area (Å²) in [5.41, 5.74) is -0.0174. The number of aromatic nitrogens is 1. The van der Waals surface area contributed by atoms with Crippen molar-refractivity contribution in [1.82, 2.24) is 4.98 Å². The molecule has 19 heavy (non-hydrogen) atoms. The predicted octanol–water partition coefficient (Wildman–Crippen LogP) is 4.50. The Morgan fingerprint density at radius 2 is 1.89 bits per heavy atom. The lowest BCUT2D eigenvalue weighted by molar-refractivity contribution is 0.0691. The van der Waals surface area contributed by atoms with E-state index < -0.39 is 5.97 Å². The van der Waals surface area contributed by atoms with Gasteiger partial charge in [0.25, 0.3) is 0 Å². The van der Waals surface area contributed by atoms with Crippen LogP contribution in [0.15, 0.2) is 6.20 Å². The number of carbonyl (C=O) groups is 1. The van der Waals surface area contributed by atoms with E-state index in [2.05, 4.69) is 11.9 Å². The molecule has 1 rings (SSSR count). The topological polar surface area (TPSA) is 62.3 Å². The number of aromatic amines is 1. The number of hydrogen-bond donors (Lipinski definition) is 2. The molecule has 0 amide bonds. The first-order valence-corrected chi connectivity index (χ1v) is 7.27. The van der Waals surface area contributed by atoms with Crippen molar-refractivity contribution in [3.8, 4) is 5.75 Å². The maximum Gasteiger partial charge on any atom is 0.354 e. The SMILES string of the molecule is CCCCCCCCCOc1c[nH]c(C(=O)O)c1Cl. The molecular formula is C14H22ClNO3. The molecule has 108 valence electrons. The number of nitrogens with one attached hydrogen (secondary N) is 1. The molecule has 0 aliphatic rings. The number of ether oxygens (including phenoxy) is 1. The number of carboxylic acid groups (broad SMARTS) is 1. The van der Waals surface area contributed by atoms with Crippen LogP contribution >= 0.6 is 11.6 Å². The number of unbranched alkanes of at least 4 members (excludes halogenated alkanes) is 6. The monoisotopic (exact) mass is 287 g/mol. The summed E-state index contributed by atoms with van der Waals surface area (Å²) in [5, 5.41) is 8.97. The second-order valence-corrected chi connectivity index (χ2v) is 4.99. The van der Waals surface area contributed by atoms with E-state index in [1.807, 2.05) is 0 Å². The fraction of sp³-hybridized carbons (Fsp3) is 0.643. The second kappa shape index (κ2) is 8.86. The number of aromatic carboxylic acids is 1. The molecule has 0 atom stereocenters. The first-order valence-electron chi connectivity index (χ1n) is 6.89. The molecule has 0 spiro atoms. The molecule has 0 unspecified atom stereocenters. The Balaban J connectivity index is 2.14. The lowest BCUT2D eigenvalue weighted by Crippen LogP contribution is -1.98. The van der Waals surface area contributed by atoms with E-state index in [1.54, 1.807) is 0 Å². The van der Waals surface area contributed by atoms with Crippen LogP contribution in [0.3, 0.4) is 0 Å². The number of rotatable bonds is 10. The van der Waals surface area contributed by atoms with Gasteiger partial charge in [-0.3, -0.25) is 0 Å². The van der Waals surface area contributed by atoms with Crippen LogP contribution in [0.5, 0.6) is 5.75 Å². The van der Waals surface area contributed by atoms with E-state index in [0.717, 1.165) is 12.8 Å². The Morgan fingerprint density at radius 3 is 2.47 bits per heavy atom. The molecule has 0 saturated heterocycles. The summed E-state index contributed by atoms with van der Waals surface area (Å²) in [6, 6.07) is 0. The molecule has 0 aliphatic carbocycles. The molecular weight excluding hydrogens is 266 g/mol. The molecule has 0 bridgehead atoms. The van der Waals surface area contributed by atoms with Gasteiger partial charge in [0.1, 0.15) is 10.7 Å². The number of carboxylic acids is 1. The number of hydrogen-bond acceptors (Lipinski definition) is 2. The fourth-order valence-corrected chi connectivity index (χ4v) is 2.13. The third kappa shape index (κ3) is 5.55. The first kappa shape index (κ1) is 15.9. The summed E-state index contributed by atoms with van der Waals surface area (Å²) >= 11 is 5.88. The van der Waals surface area contributed by atoms with Crippen LogP contribution in [0, 0.1) is 0 Å². The highest BCUT2D eigenvalue weighted by Gasteiger charge is 2.15. The van der Waals surface area contributed by atoms with Gasteiger partial charge in [0, 0.05) is 6.20 Å². The zero-order chi connectivity index (χ0) is 14.1. The van der Waals surface area contributed by atoms with Gasteiger partial charge >= 0.3 is 5.97 Å². The summed E-state index contributed by atoms with van der Waals surface area (Å²) in [4.78, 5) is 13.4. The molecule has 4 nitrogen and oxygen atoms in total. The third-order valence-electron chi connectivity index (χ3n) is 3.00. The van der Waals surface area contributed by atoms with Crippen LogP contribution in [0.1, 0.15) is 62.4 Å². The maximum absolute atomic E-state index is 10.8. The molecule has 0 aliphatic heterocycles. The normalized spacial score (nSPS) is 10.6. The summed E-state index contributed by atoms with van der Waals surface area (Å²) < 4.78 is 5.47. The van der Waals surface area contributed by atoms with Crippen molar-refractivity contribution in [2.75, 3.05) is 6.61 Å². The Hall–Kier alpha value is -1.16. The van der Waals surface area contributed by atoms with Gasteiger partial charge in [0.05, 0.1) is 6.61 Å². The molecule has 0 saturated carbocycles. The summed E-state index contributed by atoms with van der Waals surface area (Å²) in [6.45, 7) is 2.78. The van der Waals surface area contributed by atoms with Crippen molar-refractivity contribution in [3.63, 3.8) is 0 Å². The van der Waals surface area contributed by atoms with Crippen molar-refractivity contribution in [3.05, 3.63) is 16.9 Å². The summed E-state index contributed by atoms with van der Waals surface area (Å²) in [5.74, 6) is -0.652. The van der Waals surface area contributed by atoms with E-state index in [9.17, 15) is 4.79 Å². The van der Waals surface area contributed by atoms with Crippen molar-refractivity contribution < 1.29 is 14.6 Å². The van der Waals surface area contributed by atoms with Gasteiger partial charge in [-0.1, -0.05) is 57.0 Å². The molecule has 0 radical (unpaired) electrons. The summed E-state index contributed by atoms with van der Waals surface area (Å²) in [6.07, 6.45) is 9.99. The van der Waals surface area contributed by atoms with E-state index in [-0.39, 0.29) is 10.7 Å². The zero-order valence-corrected chi connectivity index (χ0v) is 12.1. The zero-order valence-electron chi connectivity index (χ0n) is 11.4. The minimum absolute atomic E-state index is 0.0174. The van der Waals surface area contributed by atoms with E-state index in [0.29, 0.717) is 12.4 Å². The molecule has 5 heteroatoms. The van der Waals surface area contributed by atoms with Gasteiger partial charge in [-0.2, -0.15) is 0 Å². The minimum Gasteiger partial charge on any atom is -0.490 e. The lowest BCUT2D eigenvalue weighted by Gasteiger charge is -2.04. The molecule has 1 aromatic heterocycles. The van der Waals surface area contributed by atoms with Crippen molar-refractivity contribution in [2.45, 2.75) is 51.9 Å². The Bertz CT molecular complexity index is 390. The van der Waals surface area contributed by atoms with Crippen LogP contribution in [0.2, 0.25) is 5.02 Å². The second-order valence-electron chi connectivity index (χ2n) is 4.62. The van der Waals surface area contributed by atoms with Gasteiger partial charge in [-0.25, -0.2) is 4.79 Å². The fourth-order valence-electron chi connectivity index (χ4n) is 1.89. The molecule has 2 N–H and O–H groups in total. The molecule has 1 heterocycles. The average Bonchev–Trinajstić information content (AvgIpc) is 2.74. The maximum atomic E-state index is 10.8. The van der Waals surface area contributed by atoms with E-state index in [1.165, 1.54) is 38.3 Å². The van der Waals surface area contributed by atoms with Crippen LogP contribution in [0.25, 0.3) is 0 Å². The lowest BCUT2D eigenvalue weighted by atomic mass is 10.1. The Kier molecular flexibility index (Phi) is 7.41. The summed E-state index contributed by atoms with van der Waals surface area (Å²) in [7, 11) is 0. The first-order chi connectivity index (χ1) is 9.16. The van der Waals surface area contributed by atoms with Crippen LogP contribution in [0.4, 0.5) is 0 Å². The highest BCUT2D eigenvalue weighted by Crippen LogP contribution is 2.28. The van der Waals surface area contributed by atoms with Crippen molar-refractivity contribution in [1.29, 1.82) is 0 Å². The van der Waals surface area contributed by atoms with Crippen LogP contribution in [-0.4, -0.2) is 22.7 Å². The van der Waals surface area contributed by atoms with Gasteiger partial charge in [0.2, 0.25) is 0 Å². The standard InChI is InChI=1S/C14H22ClNO3/c1-2-3-4-5-6-7-8-9-19-11-10-16-13(12(11)15)14(17)18/h10,16H,2-9H2,1H3,(H,17,18). The number of H-pyrrole nitrogens is 1. The average molecular weight is 288 g/mol. The van der Waals surface area contributed by atoms with Gasteiger partial charge in [-0.15, -0.1) is 0 Å². The van der Waals surface area contributed by atoms with Gasteiger partial charge in [0.15, 0.2) is 5.75 Å². The smallest absolute Gasteiger partial charge is 0.354 e. The van der Waals surface area contributed by atoms with Gasteiger partial charge in [-0.05, 0) is 6.42 Å². The highest BCUT2D eigenvalue weighted by molar-refractivity contribution is 6.34. The molecule has 1 aromatic rings. The predicted molar refractivity (Wildman–Crippen MR) is 76.3 cm³/mol. The van der Waals surface area contributed by atoms with Crippen LogP contribution in [-0.2, 0) is 0 Å². The van der Waals surface area contributed by atoms with Gasteiger partial charge < -0.3 is 14.8 Å². The highest BCUT2D eigenvalue weighted by atomic mass is 35.5. The minimum atomic E-state index is -1.07. The Morgan fingerprint density at radius 1 is 1.26 bits per heavy atom. The largest absolute Gasteiger partial charge is 0.490 e. The Labute approximate surface area is 119 Å². The molecule has 0 fully saturated rings. The van der Waals surface area contributed by atoms with Crippen molar-refractivity contribution in [2.24, 2.45) is 0 Å². The number of halogens is 1. The van der Waals surface area contributed by atoms with E-state index >= 15 is 0 Å². The molecule has 0 aromatic carbocycles. The van der Waals surface area contributed by atoms with Crippen molar-refractivity contribution >= 4 is 17.6 Å². The third-order valence-corrected chi connectivity index (χ3v) is 3.38. The quantitative estimate of drug-likeness (QED) is 0.623. The van der Waals surface area contributed by atoms with Crippen LogP contribution < -0.4 is 4.74 Å².